The summed E-state index contributed by atoms with van der Waals surface area (Å²) in [7, 11) is 0. The fraction of sp³-hybridized carbons (Fsp3) is 0.926. The van der Waals surface area contributed by atoms with Crippen LogP contribution in [0.25, 0.3) is 0 Å². The molecule has 2 saturated heterocycles. The lowest BCUT2D eigenvalue weighted by atomic mass is 9.94. The molecule has 11 atom stereocenters. The minimum atomic E-state index is -1.71. The summed E-state index contributed by atoms with van der Waals surface area (Å²) in [5.41, 5.74) is 1.15. The van der Waals surface area contributed by atoms with Gasteiger partial charge in [0, 0.05) is 0 Å². The maximum Gasteiger partial charge on any atom is 0.187 e. The number of aliphatic hydroxyl groups is 7. The summed E-state index contributed by atoms with van der Waals surface area (Å²) in [6, 6.07) is 0. The zero-order chi connectivity index (χ0) is 28.4. The summed E-state index contributed by atoms with van der Waals surface area (Å²) in [5, 5.41) is 70.5. The predicted octanol–water partition coefficient (Wildman–Crippen LogP) is 0.206. The van der Waals surface area contributed by atoms with Crippen LogP contribution in [0.1, 0.15) is 66.2 Å². The summed E-state index contributed by atoms with van der Waals surface area (Å²) >= 11 is 0. The van der Waals surface area contributed by atoms with Crippen molar-refractivity contribution in [2.24, 2.45) is 11.8 Å². The van der Waals surface area contributed by atoms with Gasteiger partial charge in [0.2, 0.25) is 0 Å². The molecule has 0 spiro atoms. The van der Waals surface area contributed by atoms with E-state index in [4.69, 9.17) is 18.9 Å². The van der Waals surface area contributed by atoms with E-state index in [1.807, 2.05) is 13.0 Å². The van der Waals surface area contributed by atoms with Gasteiger partial charge in [-0.15, -0.1) is 0 Å². The molecule has 0 aromatic heterocycles. The van der Waals surface area contributed by atoms with Crippen molar-refractivity contribution in [1.82, 2.24) is 0 Å². The Morgan fingerprint density at radius 1 is 0.763 bits per heavy atom. The van der Waals surface area contributed by atoms with Crippen molar-refractivity contribution in [3.05, 3.63) is 11.6 Å². The van der Waals surface area contributed by atoms with E-state index in [2.05, 4.69) is 20.8 Å². The summed E-state index contributed by atoms with van der Waals surface area (Å²) in [6.07, 6.45) is -5.73. The topological polar surface area (TPSA) is 179 Å². The zero-order valence-corrected chi connectivity index (χ0v) is 23.1. The van der Waals surface area contributed by atoms with Crippen molar-refractivity contribution in [1.29, 1.82) is 0 Å². The van der Waals surface area contributed by atoms with Gasteiger partial charge in [0.25, 0.3) is 0 Å². The van der Waals surface area contributed by atoms with Crippen LogP contribution in [0.3, 0.4) is 0 Å². The van der Waals surface area contributed by atoms with Gasteiger partial charge in [-0.3, -0.25) is 0 Å². The first-order valence-electron chi connectivity index (χ1n) is 13.9. The lowest BCUT2D eigenvalue weighted by molar-refractivity contribution is -0.358. The Balaban J connectivity index is 1.83. The second kappa shape index (κ2) is 16.5. The van der Waals surface area contributed by atoms with Crippen LogP contribution in [0.2, 0.25) is 0 Å². The average Bonchev–Trinajstić information content (AvgIpc) is 2.87. The Kier molecular flexibility index (Phi) is 14.6. The van der Waals surface area contributed by atoms with Crippen molar-refractivity contribution in [2.75, 3.05) is 19.8 Å². The summed E-state index contributed by atoms with van der Waals surface area (Å²) < 4.78 is 22.1. The largest absolute Gasteiger partial charge is 0.394 e. The SMILES string of the molecule is C/C(=C\COC1OC(CO)C(OC2OC(CO)C(O)C(O)C2O)C(O)C1O)CCCC(C)CCCC(C)C. The fourth-order valence-corrected chi connectivity index (χ4v) is 4.83. The highest BCUT2D eigenvalue weighted by Gasteiger charge is 2.50. The first-order chi connectivity index (χ1) is 18.0. The Labute approximate surface area is 226 Å². The van der Waals surface area contributed by atoms with Gasteiger partial charge in [0.15, 0.2) is 12.6 Å². The Morgan fingerprint density at radius 3 is 2.00 bits per heavy atom. The molecule has 7 N–H and O–H groups in total. The molecule has 11 nitrogen and oxygen atoms in total. The number of ether oxygens (including phenoxy) is 4. The van der Waals surface area contributed by atoms with Gasteiger partial charge in [0.1, 0.15) is 48.8 Å². The molecule has 2 fully saturated rings. The maximum absolute atomic E-state index is 10.7. The summed E-state index contributed by atoms with van der Waals surface area (Å²) in [4.78, 5) is 0. The van der Waals surface area contributed by atoms with E-state index in [-0.39, 0.29) is 6.61 Å². The van der Waals surface area contributed by atoms with Crippen LogP contribution < -0.4 is 0 Å². The Bertz CT molecular complexity index is 686. The number of hydrogen-bond donors (Lipinski definition) is 7. The predicted molar refractivity (Wildman–Crippen MR) is 138 cm³/mol. The molecule has 2 aliphatic heterocycles. The smallest absolute Gasteiger partial charge is 0.187 e. The molecule has 0 aliphatic carbocycles. The standard InChI is InChI=1S/C27H50O11/c1-15(2)7-5-8-16(3)9-6-10-17(4)11-12-35-26-24(34)22(32)25(19(14-29)37-26)38-27-23(33)21(31)20(30)18(13-28)36-27/h11,15-16,18-34H,5-10,12-14H2,1-4H3/b17-11+. The molecule has 38 heavy (non-hydrogen) atoms. The van der Waals surface area contributed by atoms with E-state index in [1.54, 1.807) is 0 Å². The third kappa shape index (κ3) is 9.74. The van der Waals surface area contributed by atoms with Crippen LogP contribution in [-0.4, -0.2) is 117 Å². The van der Waals surface area contributed by atoms with Gasteiger partial charge in [-0.1, -0.05) is 58.1 Å². The van der Waals surface area contributed by atoms with E-state index in [0.29, 0.717) is 5.92 Å². The molecule has 224 valence electrons. The fourth-order valence-electron chi connectivity index (χ4n) is 4.83. The van der Waals surface area contributed by atoms with Crippen LogP contribution in [0.15, 0.2) is 11.6 Å². The third-order valence-corrected chi connectivity index (χ3v) is 7.40. The Hall–Kier alpha value is -0.700. The van der Waals surface area contributed by atoms with Gasteiger partial charge in [-0.2, -0.15) is 0 Å². The van der Waals surface area contributed by atoms with Crippen LogP contribution in [0.4, 0.5) is 0 Å². The van der Waals surface area contributed by atoms with Crippen molar-refractivity contribution < 1.29 is 54.7 Å². The number of aliphatic hydroxyl groups excluding tert-OH is 7. The zero-order valence-electron chi connectivity index (χ0n) is 23.1. The molecular weight excluding hydrogens is 500 g/mol. The normalized spacial score (nSPS) is 37.5. The number of rotatable bonds is 15. The molecule has 2 rings (SSSR count). The van der Waals surface area contributed by atoms with Crippen LogP contribution >= 0.6 is 0 Å². The van der Waals surface area contributed by atoms with Crippen molar-refractivity contribution in [2.45, 2.75) is 128 Å². The lowest BCUT2D eigenvalue weighted by Crippen LogP contribution is -2.64. The first-order valence-corrected chi connectivity index (χ1v) is 13.9. The third-order valence-electron chi connectivity index (χ3n) is 7.40. The molecule has 0 amide bonds. The van der Waals surface area contributed by atoms with Crippen LogP contribution in [-0.2, 0) is 18.9 Å². The molecule has 2 aliphatic rings. The van der Waals surface area contributed by atoms with Gasteiger partial charge in [0.05, 0.1) is 19.8 Å². The molecule has 2 heterocycles. The summed E-state index contributed by atoms with van der Waals surface area (Å²) in [6.45, 7) is 7.69. The van der Waals surface area contributed by atoms with E-state index in [0.717, 1.165) is 30.8 Å². The highest BCUT2D eigenvalue weighted by molar-refractivity contribution is 4.99. The molecule has 0 saturated carbocycles. The van der Waals surface area contributed by atoms with E-state index < -0.39 is 74.6 Å². The van der Waals surface area contributed by atoms with Crippen molar-refractivity contribution in [3.63, 3.8) is 0 Å². The van der Waals surface area contributed by atoms with Crippen molar-refractivity contribution in [3.8, 4) is 0 Å². The molecule has 11 heteroatoms. The molecule has 0 aromatic rings. The number of allylic oxidation sites excluding steroid dienone is 1. The van der Waals surface area contributed by atoms with Gasteiger partial charge in [-0.05, 0) is 31.6 Å². The highest BCUT2D eigenvalue weighted by Crippen LogP contribution is 2.29. The van der Waals surface area contributed by atoms with Gasteiger partial charge >= 0.3 is 0 Å². The molecular formula is C27H50O11. The maximum atomic E-state index is 10.7. The van der Waals surface area contributed by atoms with Gasteiger partial charge < -0.3 is 54.7 Å². The average molecular weight is 551 g/mol. The minimum absolute atomic E-state index is 0.139. The molecule has 11 unspecified atom stereocenters. The first kappa shape index (κ1) is 33.5. The lowest BCUT2D eigenvalue weighted by Gasteiger charge is -2.45. The minimum Gasteiger partial charge on any atom is -0.394 e. The molecule has 0 radical (unpaired) electrons. The van der Waals surface area contributed by atoms with Crippen LogP contribution in [0.5, 0.6) is 0 Å². The monoisotopic (exact) mass is 550 g/mol. The van der Waals surface area contributed by atoms with Crippen molar-refractivity contribution >= 4 is 0 Å². The molecule has 0 aromatic carbocycles. The highest BCUT2D eigenvalue weighted by atomic mass is 16.7. The summed E-state index contributed by atoms with van der Waals surface area (Å²) in [5.74, 6) is 1.44. The van der Waals surface area contributed by atoms with Crippen LogP contribution in [0, 0.1) is 11.8 Å². The van der Waals surface area contributed by atoms with E-state index in [1.165, 1.54) is 19.3 Å². The Morgan fingerprint density at radius 2 is 1.37 bits per heavy atom. The quantitative estimate of drug-likeness (QED) is 0.139. The van der Waals surface area contributed by atoms with Gasteiger partial charge in [-0.25, -0.2) is 0 Å². The number of hydrogen-bond acceptors (Lipinski definition) is 11. The second-order valence-corrected chi connectivity index (χ2v) is 11.2. The van der Waals surface area contributed by atoms with E-state index >= 15 is 0 Å². The molecule has 0 bridgehead atoms. The second-order valence-electron chi connectivity index (χ2n) is 11.2. The van der Waals surface area contributed by atoms with E-state index in [9.17, 15) is 35.7 Å².